The molecular weight excluding hydrogens is 308 g/mol. The van der Waals surface area contributed by atoms with Gasteiger partial charge in [0, 0.05) is 10.9 Å². The van der Waals surface area contributed by atoms with E-state index in [0.717, 1.165) is 36.6 Å². The van der Waals surface area contributed by atoms with Crippen LogP contribution in [0.2, 0.25) is 0 Å². The Morgan fingerprint density at radius 1 is 1.33 bits per heavy atom. The van der Waals surface area contributed by atoms with Crippen LogP contribution in [0.3, 0.4) is 0 Å². The van der Waals surface area contributed by atoms with Crippen molar-refractivity contribution in [2.45, 2.75) is 30.7 Å². The number of piperidine rings is 1. The predicted octanol–water partition coefficient (Wildman–Crippen LogP) is 2.47. The predicted molar refractivity (Wildman–Crippen MR) is 89.6 cm³/mol. The summed E-state index contributed by atoms with van der Waals surface area (Å²) in [6.45, 7) is 4.63. The second-order valence-electron chi connectivity index (χ2n) is 4.78. The van der Waals surface area contributed by atoms with Crippen LogP contribution in [0.15, 0.2) is 29.2 Å². The van der Waals surface area contributed by atoms with Gasteiger partial charge in [0.25, 0.3) is 0 Å². The van der Waals surface area contributed by atoms with E-state index in [2.05, 4.69) is 10.6 Å². The van der Waals surface area contributed by atoms with E-state index in [1.54, 1.807) is 11.8 Å². The van der Waals surface area contributed by atoms with Gasteiger partial charge in [-0.05, 0) is 57.1 Å². The average molecular weight is 331 g/mol. The third-order valence-electron chi connectivity index (χ3n) is 3.21. The number of rotatable bonds is 6. The maximum atomic E-state index is 11.9. The maximum absolute atomic E-state index is 11.9. The van der Waals surface area contributed by atoms with Crippen molar-refractivity contribution in [2.75, 3.05) is 25.4 Å². The molecule has 1 fully saturated rings. The summed E-state index contributed by atoms with van der Waals surface area (Å²) in [5.74, 6) is 1.46. The van der Waals surface area contributed by atoms with Crippen molar-refractivity contribution < 1.29 is 9.53 Å². The van der Waals surface area contributed by atoms with Crippen molar-refractivity contribution in [3.05, 3.63) is 24.3 Å². The lowest BCUT2D eigenvalue weighted by molar-refractivity contribution is -0.119. The van der Waals surface area contributed by atoms with Crippen LogP contribution in [0, 0.1) is 0 Å². The van der Waals surface area contributed by atoms with Crippen molar-refractivity contribution in [3.63, 3.8) is 0 Å². The first-order chi connectivity index (χ1) is 9.78. The largest absolute Gasteiger partial charge is 0.494 e. The molecule has 0 aliphatic carbocycles. The highest BCUT2D eigenvalue weighted by molar-refractivity contribution is 8.00. The van der Waals surface area contributed by atoms with E-state index < -0.39 is 0 Å². The van der Waals surface area contributed by atoms with Crippen molar-refractivity contribution in [1.82, 2.24) is 10.6 Å². The van der Waals surface area contributed by atoms with E-state index in [1.165, 1.54) is 0 Å². The lowest BCUT2D eigenvalue weighted by Gasteiger charge is -2.23. The number of halogens is 1. The molecule has 1 aromatic rings. The Bertz CT molecular complexity index is 422. The van der Waals surface area contributed by atoms with Crippen LogP contribution in [-0.4, -0.2) is 37.4 Å². The van der Waals surface area contributed by atoms with Gasteiger partial charge in [-0.3, -0.25) is 4.79 Å². The van der Waals surface area contributed by atoms with Gasteiger partial charge in [0.1, 0.15) is 5.75 Å². The molecule has 0 spiro atoms. The number of carbonyl (C=O) groups excluding carboxylic acids is 1. The van der Waals surface area contributed by atoms with Crippen LogP contribution in [0.5, 0.6) is 5.75 Å². The van der Waals surface area contributed by atoms with Crippen LogP contribution in [0.25, 0.3) is 0 Å². The Kier molecular flexibility index (Phi) is 8.57. The van der Waals surface area contributed by atoms with Crippen LogP contribution in [0.1, 0.15) is 19.8 Å². The second kappa shape index (κ2) is 9.92. The molecule has 0 unspecified atom stereocenters. The molecule has 2 N–H and O–H groups in total. The van der Waals surface area contributed by atoms with Gasteiger partial charge >= 0.3 is 0 Å². The normalized spacial score (nSPS) is 15.1. The summed E-state index contributed by atoms with van der Waals surface area (Å²) >= 11 is 1.56. The molecule has 118 valence electrons. The Labute approximate surface area is 136 Å². The number of hydrogen-bond donors (Lipinski definition) is 2. The first-order valence-electron chi connectivity index (χ1n) is 7.13. The van der Waals surface area contributed by atoms with Crippen molar-refractivity contribution in [2.24, 2.45) is 0 Å². The number of benzene rings is 1. The van der Waals surface area contributed by atoms with Crippen molar-refractivity contribution >= 4 is 30.1 Å². The third kappa shape index (κ3) is 6.59. The zero-order valence-corrected chi connectivity index (χ0v) is 13.9. The Balaban J connectivity index is 0.00000220. The number of amides is 1. The maximum Gasteiger partial charge on any atom is 0.230 e. The van der Waals surface area contributed by atoms with Gasteiger partial charge in [-0.1, -0.05) is 0 Å². The fraction of sp³-hybridized carbons (Fsp3) is 0.533. The van der Waals surface area contributed by atoms with Crippen LogP contribution in [0.4, 0.5) is 0 Å². The summed E-state index contributed by atoms with van der Waals surface area (Å²) in [5.41, 5.74) is 0. The van der Waals surface area contributed by atoms with E-state index in [0.29, 0.717) is 18.4 Å². The number of ether oxygens (including phenoxy) is 1. The van der Waals surface area contributed by atoms with E-state index in [1.807, 2.05) is 31.2 Å². The molecule has 1 aromatic carbocycles. The van der Waals surface area contributed by atoms with Crippen molar-refractivity contribution in [3.8, 4) is 5.75 Å². The molecule has 4 nitrogen and oxygen atoms in total. The number of hydrogen-bond acceptors (Lipinski definition) is 4. The van der Waals surface area contributed by atoms with E-state index in [4.69, 9.17) is 4.74 Å². The number of thioether (sulfide) groups is 1. The highest BCUT2D eigenvalue weighted by Crippen LogP contribution is 2.21. The lowest BCUT2D eigenvalue weighted by Crippen LogP contribution is -2.43. The summed E-state index contributed by atoms with van der Waals surface area (Å²) in [6.07, 6.45) is 2.05. The minimum atomic E-state index is 0. The quantitative estimate of drug-likeness (QED) is 0.787. The van der Waals surface area contributed by atoms with Gasteiger partial charge in [-0.15, -0.1) is 24.2 Å². The molecule has 21 heavy (non-hydrogen) atoms. The molecule has 6 heteroatoms. The highest BCUT2D eigenvalue weighted by Gasteiger charge is 2.15. The summed E-state index contributed by atoms with van der Waals surface area (Å²) in [7, 11) is 0. The van der Waals surface area contributed by atoms with Crippen molar-refractivity contribution in [1.29, 1.82) is 0 Å². The molecule has 0 aromatic heterocycles. The Morgan fingerprint density at radius 2 is 2.00 bits per heavy atom. The monoisotopic (exact) mass is 330 g/mol. The van der Waals surface area contributed by atoms with Gasteiger partial charge in [0.05, 0.1) is 12.4 Å². The standard InChI is InChI=1S/C15H22N2O2S.ClH/c1-2-19-13-3-5-14(6-4-13)20-11-15(18)17-12-7-9-16-10-8-12;/h3-6,12,16H,2,7-11H2,1H3,(H,17,18);1H. The minimum Gasteiger partial charge on any atom is -0.494 e. The number of nitrogens with one attached hydrogen (secondary N) is 2. The highest BCUT2D eigenvalue weighted by atomic mass is 35.5. The lowest BCUT2D eigenvalue weighted by atomic mass is 10.1. The summed E-state index contributed by atoms with van der Waals surface area (Å²) < 4.78 is 5.39. The molecule has 0 atom stereocenters. The van der Waals surface area contributed by atoms with Gasteiger partial charge in [0.2, 0.25) is 5.91 Å². The minimum absolute atomic E-state index is 0. The Morgan fingerprint density at radius 3 is 2.62 bits per heavy atom. The number of carbonyl (C=O) groups is 1. The van der Waals surface area contributed by atoms with E-state index >= 15 is 0 Å². The summed E-state index contributed by atoms with van der Waals surface area (Å²) in [5, 5.41) is 6.39. The molecule has 1 amide bonds. The third-order valence-corrected chi connectivity index (χ3v) is 4.22. The van der Waals surface area contributed by atoms with Crippen LogP contribution < -0.4 is 15.4 Å². The van der Waals surface area contributed by atoms with Gasteiger partial charge in [0.15, 0.2) is 0 Å². The topological polar surface area (TPSA) is 50.4 Å². The smallest absolute Gasteiger partial charge is 0.230 e. The fourth-order valence-corrected chi connectivity index (χ4v) is 2.89. The van der Waals surface area contributed by atoms with E-state index in [-0.39, 0.29) is 18.3 Å². The molecule has 2 rings (SSSR count). The van der Waals surface area contributed by atoms with E-state index in [9.17, 15) is 4.79 Å². The summed E-state index contributed by atoms with van der Waals surface area (Å²) in [4.78, 5) is 13.0. The average Bonchev–Trinajstić information content (AvgIpc) is 2.48. The van der Waals surface area contributed by atoms with Gasteiger partial charge in [-0.2, -0.15) is 0 Å². The van der Waals surface area contributed by atoms with Crippen LogP contribution >= 0.6 is 24.2 Å². The molecule has 1 aliphatic heterocycles. The molecule has 0 saturated carbocycles. The SMILES string of the molecule is CCOc1ccc(SCC(=O)NC2CCNCC2)cc1.Cl. The first kappa shape index (κ1) is 18.1. The second-order valence-corrected chi connectivity index (χ2v) is 5.83. The Hall–Kier alpha value is -0.910. The molecule has 0 bridgehead atoms. The van der Waals surface area contributed by atoms with Gasteiger partial charge < -0.3 is 15.4 Å². The fourth-order valence-electron chi connectivity index (χ4n) is 2.18. The summed E-state index contributed by atoms with van der Waals surface area (Å²) in [6, 6.07) is 8.21. The molecule has 1 aliphatic rings. The zero-order chi connectivity index (χ0) is 14.2. The van der Waals surface area contributed by atoms with Gasteiger partial charge in [-0.25, -0.2) is 0 Å². The molecule has 1 heterocycles. The molecule has 0 radical (unpaired) electrons. The molecular formula is C15H23ClN2O2S. The first-order valence-corrected chi connectivity index (χ1v) is 8.12. The zero-order valence-electron chi connectivity index (χ0n) is 12.3. The van der Waals surface area contributed by atoms with Crippen LogP contribution in [-0.2, 0) is 4.79 Å². The molecule has 1 saturated heterocycles.